The molecule has 1 fully saturated rings. The van der Waals surface area contributed by atoms with Crippen LogP contribution >= 0.6 is 7.14 Å². The molecule has 108 valence electrons. The minimum atomic E-state index is -2.26. The van der Waals surface area contributed by atoms with Gasteiger partial charge in [0, 0.05) is 23.5 Å². The average Bonchev–Trinajstić information content (AvgIpc) is 2.80. The fraction of sp³-hybridized carbons (Fsp3) is 0.571. The van der Waals surface area contributed by atoms with Crippen molar-refractivity contribution in [3.63, 3.8) is 0 Å². The van der Waals surface area contributed by atoms with Crippen molar-refractivity contribution in [2.45, 2.75) is 37.6 Å². The van der Waals surface area contributed by atoms with E-state index in [1.807, 2.05) is 22.7 Å². The van der Waals surface area contributed by atoms with Crippen molar-refractivity contribution in [2.24, 2.45) is 5.73 Å². The molecule has 0 radical (unpaired) electrons. The summed E-state index contributed by atoms with van der Waals surface area (Å²) in [7, 11) is -2.26. The first kappa shape index (κ1) is 13.8. The summed E-state index contributed by atoms with van der Waals surface area (Å²) in [6.45, 7) is 3.55. The van der Waals surface area contributed by atoms with Crippen molar-refractivity contribution < 1.29 is 4.57 Å². The van der Waals surface area contributed by atoms with Gasteiger partial charge in [-0.3, -0.25) is 4.40 Å². The molecule has 0 aliphatic heterocycles. The van der Waals surface area contributed by atoms with E-state index in [2.05, 4.69) is 10.2 Å². The molecule has 1 aliphatic carbocycles. The van der Waals surface area contributed by atoms with Crippen LogP contribution in [0.1, 0.15) is 37.4 Å². The molecule has 5 nitrogen and oxygen atoms in total. The minimum Gasteiger partial charge on any atom is -0.328 e. The molecular formula is C14H21N4OP. The lowest BCUT2D eigenvalue weighted by molar-refractivity contribution is 0.380. The Morgan fingerprint density at radius 1 is 1.35 bits per heavy atom. The maximum Gasteiger partial charge on any atom is 0.161 e. The van der Waals surface area contributed by atoms with Crippen molar-refractivity contribution in [3.8, 4) is 0 Å². The second-order valence-electron chi connectivity index (χ2n) is 6.15. The van der Waals surface area contributed by atoms with Crippen LogP contribution < -0.4 is 11.0 Å². The fourth-order valence-corrected chi connectivity index (χ4v) is 3.83. The average molecular weight is 292 g/mol. The van der Waals surface area contributed by atoms with Gasteiger partial charge in [-0.1, -0.05) is 6.42 Å². The second-order valence-corrected chi connectivity index (χ2v) is 9.36. The number of fused-ring (bicyclic) bond motifs is 1. The van der Waals surface area contributed by atoms with Gasteiger partial charge in [-0.25, -0.2) is 0 Å². The van der Waals surface area contributed by atoms with Crippen LogP contribution in [0.3, 0.4) is 0 Å². The lowest BCUT2D eigenvalue weighted by Crippen LogP contribution is -2.27. The van der Waals surface area contributed by atoms with Gasteiger partial charge in [-0.05, 0) is 44.7 Å². The van der Waals surface area contributed by atoms with Gasteiger partial charge in [-0.15, -0.1) is 10.2 Å². The molecule has 6 heteroatoms. The monoisotopic (exact) mass is 292 g/mol. The van der Waals surface area contributed by atoms with Crippen LogP contribution in [0.2, 0.25) is 0 Å². The molecule has 2 N–H and O–H groups in total. The molecule has 0 spiro atoms. The summed E-state index contributed by atoms with van der Waals surface area (Å²) in [4.78, 5) is 0. The Hall–Kier alpha value is -1.19. The van der Waals surface area contributed by atoms with E-state index in [-0.39, 0.29) is 6.04 Å². The van der Waals surface area contributed by atoms with Crippen molar-refractivity contribution in [2.75, 3.05) is 13.3 Å². The third kappa shape index (κ3) is 2.52. The van der Waals surface area contributed by atoms with E-state index < -0.39 is 7.14 Å². The van der Waals surface area contributed by atoms with Crippen molar-refractivity contribution >= 4 is 18.1 Å². The van der Waals surface area contributed by atoms with E-state index in [0.29, 0.717) is 5.92 Å². The van der Waals surface area contributed by atoms with E-state index in [1.54, 1.807) is 13.3 Å². The topological polar surface area (TPSA) is 73.3 Å². The van der Waals surface area contributed by atoms with Crippen molar-refractivity contribution in [1.29, 1.82) is 0 Å². The van der Waals surface area contributed by atoms with E-state index in [4.69, 9.17) is 5.73 Å². The maximum absolute atomic E-state index is 12.1. The first-order valence-electron chi connectivity index (χ1n) is 7.11. The van der Waals surface area contributed by atoms with Gasteiger partial charge in [0.15, 0.2) is 5.65 Å². The summed E-state index contributed by atoms with van der Waals surface area (Å²) < 4.78 is 14.2. The van der Waals surface area contributed by atoms with Gasteiger partial charge in [0.1, 0.15) is 13.0 Å². The molecule has 0 unspecified atom stereocenters. The standard InChI is InChI=1S/C14H21N4OP/c1-20(2,19)12-6-7-18-13(9-12)16-17-14(18)10-4-3-5-11(15)8-10/h6-7,9-11H,3-5,8,15H2,1-2H3/t10-,11+/m0/s1. The van der Waals surface area contributed by atoms with Crippen LogP contribution in [-0.2, 0) is 4.57 Å². The van der Waals surface area contributed by atoms with E-state index in [9.17, 15) is 4.57 Å². The fourth-order valence-electron chi connectivity index (χ4n) is 2.97. The Labute approximate surface area is 119 Å². The van der Waals surface area contributed by atoms with E-state index in [0.717, 1.165) is 42.5 Å². The predicted octanol–water partition coefficient (Wildman–Crippen LogP) is 1.96. The molecule has 0 bridgehead atoms. The summed E-state index contributed by atoms with van der Waals surface area (Å²) in [5, 5.41) is 9.44. The van der Waals surface area contributed by atoms with Crippen LogP contribution in [-0.4, -0.2) is 34.0 Å². The van der Waals surface area contributed by atoms with Crippen LogP contribution in [0.5, 0.6) is 0 Å². The summed E-state index contributed by atoms with van der Waals surface area (Å²) in [6.07, 6.45) is 6.29. The lowest BCUT2D eigenvalue weighted by atomic mass is 9.85. The number of hydrogen-bond donors (Lipinski definition) is 1. The molecule has 2 aromatic rings. The molecule has 1 saturated carbocycles. The number of pyridine rings is 1. The van der Waals surface area contributed by atoms with E-state index >= 15 is 0 Å². The Morgan fingerprint density at radius 2 is 2.15 bits per heavy atom. The Morgan fingerprint density at radius 3 is 2.85 bits per heavy atom. The summed E-state index contributed by atoms with van der Waals surface area (Å²) >= 11 is 0. The summed E-state index contributed by atoms with van der Waals surface area (Å²) in [5.74, 6) is 1.37. The van der Waals surface area contributed by atoms with Crippen LogP contribution in [0.15, 0.2) is 18.3 Å². The highest BCUT2D eigenvalue weighted by molar-refractivity contribution is 7.70. The molecule has 0 aromatic carbocycles. The molecule has 20 heavy (non-hydrogen) atoms. The molecule has 2 aromatic heterocycles. The quantitative estimate of drug-likeness (QED) is 0.859. The predicted molar refractivity (Wildman–Crippen MR) is 81.3 cm³/mol. The third-order valence-electron chi connectivity index (χ3n) is 4.12. The number of aromatic nitrogens is 3. The maximum atomic E-state index is 12.1. The molecule has 2 heterocycles. The van der Waals surface area contributed by atoms with Gasteiger partial charge in [-0.2, -0.15) is 0 Å². The van der Waals surface area contributed by atoms with Gasteiger partial charge in [0.25, 0.3) is 0 Å². The summed E-state index contributed by atoms with van der Waals surface area (Å²) in [6, 6.07) is 4.08. The normalized spacial score (nSPS) is 24.1. The second kappa shape index (κ2) is 4.97. The molecule has 0 amide bonds. The number of nitrogens with two attached hydrogens (primary N) is 1. The van der Waals surface area contributed by atoms with Gasteiger partial charge in [0.2, 0.25) is 0 Å². The smallest absolute Gasteiger partial charge is 0.161 e. The van der Waals surface area contributed by atoms with Gasteiger partial charge in [0.05, 0.1) is 0 Å². The van der Waals surface area contributed by atoms with E-state index in [1.165, 1.54) is 0 Å². The minimum absolute atomic E-state index is 0.270. The van der Waals surface area contributed by atoms with Crippen LogP contribution in [0.4, 0.5) is 0 Å². The van der Waals surface area contributed by atoms with Crippen LogP contribution in [0, 0.1) is 0 Å². The summed E-state index contributed by atoms with van der Waals surface area (Å²) in [5.41, 5.74) is 6.84. The van der Waals surface area contributed by atoms with Crippen molar-refractivity contribution in [1.82, 2.24) is 14.6 Å². The molecule has 3 rings (SSSR count). The zero-order valence-corrected chi connectivity index (χ0v) is 12.9. The van der Waals surface area contributed by atoms with Gasteiger partial charge < -0.3 is 10.3 Å². The first-order chi connectivity index (χ1) is 9.45. The lowest BCUT2D eigenvalue weighted by Gasteiger charge is -2.25. The Balaban J connectivity index is 2.00. The molecule has 1 aliphatic rings. The van der Waals surface area contributed by atoms with Crippen LogP contribution in [0.25, 0.3) is 5.65 Å². The van der Waals surface area contributed by atoms with Gasteiger partial charge >= 0.3 is 0 Å². The Bertz CT molecular complexity index is 675. The number of nitrogens with zero attached hydrogens (tertiary/aromatic N) is 3. The largest absolute Gasteiger partial charge is 0.328 e. The SMILES string of the molecule is CP(C)(=O)c1ccn2c([C@H]3CCC[C@@H](N)C3)nnc2c1. The highest BCUT2D eigenvalue weighted by Crippen LogP contribution is 2.35. The Kier molecular flexibility index (Phi) is 3.43. The zero-order valence-electron chi connectivity index (χ0n) is 12.0. The molecule has 2 atom stereocenters. The molecule has 0 saturated heterocycles. The highest BCUT2D eigenvalue weighted by Gasteiger charge is 2.25. The zero-order chi connectivity index (χ0) is 14.3. The third-order valence-corrected chi connectivity index (χ3v) is 5.64. The molecular weight excluding hydrogens is 271 g/mol. The first-order valence-corrected chi connectivity index (χ1v) is 9.71. The number of rotatable bonds is 2. The number of hydrogen-bond acceptors (Lipinski definition) is 4. The highest BCUT2D eigenvalue weighted by atomic mass is 31.2. The van der Waals surface area contributed by atoms with Crippen molar-refractivity contribution in [3.05, 3.63) is 24.2 Å².